The van der Waals surface area contributed by atoms with E-state index in [2.05, 4.69) is 38.2 Å². The van der Waals surface area contributed by atoms with Crippen molar-refractivity contribution in [2.24, 2.45) is 0 Å². The van der Waals surface area contributed by atoms with Gasteiger partial charge in [0.25, 0.3) is 0 Å². The molecule has 69 heavy (non-hydrogen) atoms. The average Bonchev–Trinajstić information content (AvgIpc) is 3.34. The summed E-state index contributed by atoms with van der Waals surface area (Å²) in [6.45, 7) is 6.54. The zero-order chi connectivity index (χ0) is 50.2. The molecule has 0 aliphatic heterocycles. The molecule has 6 nitrogen and oxygen atoms in total. The van der Waals surface area contributed by atoms with Gasteiger partial charge in [-0.05, 0) is 51.4 Å². The minimum absolute atomic E-state index is 0.0800. The van der Waals surface area contributed by atoms with Crippen LogP contribution in [0.3, 0.4) is 0 Å². The lowest BCUT2D eigenvalue weighted by molar-refractivity contribution is -0.151. The number of esters is 1. The highest BCUT2D eigenvalue weighted by Crippen LogP contribution is 2.19. The Bertz CT molecular complexity index is 1050. The lowest BCUT2D eigenvalue weighted by atomic mass is 10.0. The lowest BCUT2D eigenvalue weighted by Crippen LogP contribution is -2.46. The van der Waals surface area contributed by atoms with Gasteiger partial charge >= 0.3 is 5.97 Å². The fraction of sp³-hybridized carbons (Fsp3) is 0.937. The highest BCUT2D eigenvalue weighted by Gasteiger charge is 2.24. The van der Waals surface area contributed by atoms with Crippen molar-refractivity contribution in [1.29, 1.82) is 0 Å². The van der Waals surface area contributed by atoms with Crippen LogP contribution in [0.5, 0.6) is 0 Å². The molecule has 0 rings (SSSR count). The van der Waals surface area contributed by atoms with Crippen LogP contribution in [0, 0.1) is 0 Å². The van der Waals surface area contributed by atoms with Crippen LogP contribution in [0.25, 0.3) is 0 Å². The van der Waals surface area contributed by atoms with Gasteiger partial charge in [0, 0.05) is 6.42 Å². The Balaban J connectivity index is 4.47. The number of carbonyl (C=O) groups is 2. The zero-order valence-corrected chi connectivity index (χ0v) is 47.0. The molecule has 3 atom stereocenters. The number of ether oxygens (including phenoxy) is 1. The maximum absolute atomic E-state index is 13.3. The van der Waals surface area contributed by atoms with E-state index < -0.39 is 18.2 Å². The van der Waals surface area contributed by atoms with Crippen molar-refractivity contribution in [3.8, 4) is 0 Å². The Morgan fingerprint density at radius 3 is 1.03 bits per heavy atom. The standard InChI is InChI=1S/C63H123NO5/c1-4-7-10-13-16-19-22-25-28-30-31-32-35-38-41-44-47-50-53-56-63(68)69-59(54-51-48-45-42-39-36-33-27-24-21-18-15-12-9-6-3)57-62(67)64-60(58-65)61(66)55-52-49-46-43-40-37-34-29-26-23-20-17-14-11-8-5-2/h27,33,59-61,65-66H,4-26,28-32,34-58H2,1-3H3,(H,64,67)/b33-27+. The van der Waals surface area contributed by atoms with Crippen molar-refractivity contribution < 1.29 is 24.5 Å². The fourth-order valence-corrected chi connectivity index (χ4v) is 10.1. The molecule has 0 fully saturated rings. The van der Waals surface area contributed by atoms with Crippen molar-refractivity contribution in [1.82, 2.24) is 5.32 Å². The van der Waals surface area contributed by atoms with Gasteiger partial charge in [0.15, 0.2) is 0 Å². The van der Waals surface area contributed by atoms with Crippen molar-refractivity contribution in [3.63, 3.8) is 0 Å². The highest BCUT2D eigenvalue weighted by atomic mass is 16.5. The smallest absolute Gasteiger partial charge is 0.306 e. The third-order valence-electron chi connectivity index (χ3n) is 14.8. The zero-order valence-electron chi connectivity index (χ0n) is 47.0. The first kappa shape index (κ1) is 67.6. The number of hydrogen-bond acceptors (Lipinski definition) is 5. The molecule has 0 aliphatic rings. The van der Waals surface area contributed by atoms with Crippen molar-refractivity contribution >= 4 is 11.9 Å². The monoisotopic (exact) mass is 974 g/mol. The molecule has 0 bridgehead atoms. The first-order valence-electron chi connectivity index (χ1n) is 31.4. The van der Waals surface area contributed by atoms with E-state index in [-0.39, 0.29) is 24.9 Å². The quantitative estimate of drug-likeness (QED) is 0.0321. The summed E-state index contributed by atoms with van der Waals surface area (Å²) >= 11 is 0. The van der Waals surface area contributed by atoms with Gasteiger partial charge in [-0.15, -0.1) is 0 Å². The molecule has 0 saturated heterocycles. The number of aliphatic hydroxyl groups is 2. The number of allylic oxidation sites excluding steroid dienone is 2. The molecule has 0 saturated carbocycles. The Hall–Kier alpha value is -1.40. The highest BCUT2D eigenvalue weighted by molar-refractivity contribution is 5.77. The Labute approximate surface area is 431 Å². The summed E-state index contributed by atoms with van der Waals surface area (Å²) in [6, 6.07) is -0.699. The Morgan fingerprint density at radius 2 is 0.696 bits per heavy atom. The minimum Gasteiger partial charge on any atom is -0.462 e. The summed E-state index contributed by atoms with van der Waals surface area (Å²) < 4.78 is 5.98. The van der Waals surface area contributed by atoms with Crippen LogP contribution in [-0.4, -0.2) is 46.9 Å². The third kappa shape index (κ3) is 52.7. The number of rotatable bonds is 58. The summed E-state index contributed by atoms with van der Waals surface area (Å²) in [4.78, 5) is 26.4. The molecule has 3 N–H and O–H groups in total. The second-order valence-corrected chi connectivity index (χ2v) is 21.8. The molecule has 3 unspecified atom stereocenters. The SMILES string of the molecule is CCCCCCCC/C=C/CCCCCCCC(CC(=O)NC(CO)C(O)CCCCCCCCCCCCCCCCCC)OC(=O)CCCCCCCCCCCCCCCCCCCCC. The Morgan fingerprint density at radius 1 is 0.406 bits per heavy atom. The van der Waals surface area contributed by atoms with Gasteiger partial charge in [-0.25, -0.2) is 0 Å². The number of aliphatic hydroxyl groups excluding tert-OH is 2. The van der Waals surface area contributed by atoms with Crippen LogP contribution in [0.4, 0.5) is 0 Å². The predicted octanol–water partition coefficient (Wildman–Crippen LogP) is 19.6. The van der Waals surface area contributed by atoms with Crippen LogP contribution in [0.2, 0.25) is 0 Å². The fourth-order valence-electron chi connectivity index (χ4n) is 10.1. The van der Waals surface area contributed by atoms with Crippen LogP contribution < -0.4 is 5.32 Å². The lowest BCUT2D eigenvalue weighted by Gasteiger charge is -2.24. The van der Waals surface area contributed by atoms with E-state index in [0.717, 1.165) is 57.8 Å². The van der Waals surface area contributed by atoms with Crippen molar-refractivity contribution in [2.45, 2.75) is 373 Å². The molecular weight excluding hydrogens is 851 g/mol. The van der Waals surface area contributed by atoms with E-state index in [9.17, 15) is 19.8 Å². The van der Waals surface area contributed by atoms with Gasteiger partial charge in [0.05, 0.1) is 25.2 Å². The van der Waals surface area contributed by atoms with Crippen LogP contribution in [0.15, 0.2) is 12.2 Å². The summed E-state index contributed by atoms with van der Waals surface area (Å²) in [7, 11) is 0. The molecule has 0 heterocycles. The topological polar surface area (TPSA) is 95.9 Å². The van der Waals surface area contributed by atoms with E-state index in [1.807, 2.05) is 0 Å². The van der Waals surface area contributed by atoms with Gasteiger partial charge in [0.2, 0.25) is 5.91 Å². The molecule has 0 aliphatic carbocycles. The number of carbonyl (C=O) groups excluding carboxylic acids is 2. The second kappa shape index (κ2) is 57.5. The van der Waals surface area contributed by atoms with Crippen LogP contribution >= 0.6 is 0 Å². The van der Waals surface area contributed by atoms with E-state index in [1.165, 1.54) is 250 Å². The first-order valence-corrected chi connectivity index (χ1v) is 31.4. The third-order valence-corrected chi connectivity index (χ3v) is 14.8. The molecule has 1 amide bonds. The summed E-state index contributed by atoms with van der Waals surface area (Å²) in [5.74, 6) is -0.455. The van der Waals surface area contributed by atoms with Gasteiger partial charge < -0.3 is 20.3 Å². The second-order valence-electron chi connectivity index (χ2n) is 21.8. The van der Waals surface area contributed by atoms with Gasteiger partial charge in [-0.3, -0.25) is 9.59 Å². The number of nitrogens with one attached hydrogen (secondary N) is 1. The molecular formula is C63H123NO5. The molecule has 0 aromatic heterocycles. The normalized spacial score (nSPS) is 13.1. The first-order chi connectivity index (χ1) is 34.0. The van der Waals surface area contributed by atoms with E-state index in [0.29, 0.717) is 19.3 Å². The van der Waals surface area contributed by atoms with Crippen LogP contribution in [-0.2, 0) is 14.3 Å². The maximum atomic E-state index is 13.3. The minimum atomic E-state index is -0.786. The van der Waals surface area contributed by atoms with Crippen LogP contribution in [0.1, 0.15) is 355 Å². The average molecular weight is 975 g/mol. The number of amides is 1. The van der Waals surface area contributed by atoms with Gasteiger partial charge in [-0.2, -0.15) is 0 Å². The van der Waals surface area contributed by atoms with E-state index >= 15 is 0 Å². The maximum Gasteiger partial charge on any atom is 0.306 e. The largest absolute Gasteiger partial charge is 0.462 e. The summed E-state index contributed by atoms with van der Waals surface area (Å²) in [5.41, 5.74) is 0. The summed E-state index contributed by atoms with van der Waals surface area (Å²) in [5, 5.41) is 24.0. The predicted molar refractivity (Wildman–Crippen MR) is 301 cm³/mol. The molecule has 0 aromatic rings. The summed E-state index contributed by atoms with van der Waals surface area (Å²) in [6.07, 6.45) is 67.2. The molecule has 0 aromatic carbocycles. The van der Waals surface area contributed by atoms with E-state index in [1.54, 1.807) is 0 Å². The molecule has 410 valence electrons. The van der Waals surface area contributed by atoms with Gasteiger partial charge in [0.1, 0.15) is 6.10 Å². The Kier molecular flexibility index (Phi) is 56.3. The van der Waals surface area contributed by atoms with Gasteiger partial charge in [-0.1, -0.05) is 303 Å². The number of hydrogen-bond donors (Lipinski definition) is 3. The molecule has 0 radical (unpaired) electrons. The molecule has 6 heteroatoms. The van der Waals surface area contributed by atoms with Crippen molar-refractivity contribution in [3.05, 3.63) is 12.2 Å². The van der Waals surface area contributed by atoms with E-state index in [4.69, 9.17) is 4.74 Å². The number of unbranched alkanes of at least 4 members (excludes halogenated alkanes) is 44. The molecule has 0 spiro atoms. The van der Waals surface area contributed by atoms with Crippen molar-refractivity contribution in [2.75, 3.05) is 6.61 Å².